The van der Waals surface area contributed by atoms with Gasteiger partial charge < -0.3 is 19.5 Å². The van der Waals surface area contributed by atoms with Crippen LogP contribution in [-0.2, 0) is 19.9 Å². The summed E-state index contributed by atoms with van der Waals surface area (Å²) >= 11 is 3.44. The maximum Gasteiger partial charge on any atom is 0.409 e. The third-order valence-electron chi connectivity index (χ3n) is 7.01. The lowest BCUT2D eigenvalue weighted by atomic mass is 9.84. The average molecular weight is 536 g/mol. The molecule has 0 atom stereocenters. The number of ether oxygens (including phenoxy) is 2. The predicted molar refractivity (Wildman–Crippen MR) is 135 cm³/mol. The molecule has 0 bridgehead atoms. The number of carbonyl (C=O) groups excluding carboxylic acids is 1. The van der Waals surface area contributed by atoms with Gasteiger partial charge in [0.15, 0.2) is 0 Å². The van der Waals surface area contributed by atoms with Crippen molar-refractivity contribution in [3.05, 3.63) is 94.0 Å². The van der Waals surface area contributed by atoms with Crippen molar-refractivity contribution >= 4 is 28.0 Å². The van der Waals surface area contributed by atoms with Gasteiger partial charge in [0.25, 0.3) is 0 Å². The van der Waals surface area contributed by atoms with Crippen LogP contribution in [0.25, 0.3) is 11.1 Å². The molecule has 6 nitrogen and oxygen atoms in total. The third kappa shape index (κ3) is 4.70. The summed E-state index contributed by atoms with van der Waals surface area (Å²) in [5, 5.41) is 9.19. The van der Waals surface area contributed by atoms with Crippen LogP contribution in [0.5, 0.6) is 0 Å². The van der Waals surface area contributed by atoms with E-state index in [0.717, 1.165) is 10.0 Å². The SMILES string of the molecule is O=C(O)COC1(c2ccc(Br)cc2)CCN(C(=O)OCC2c3ccccc3-c3ccccc32)CC1. The maximum atomic E-state index is 13.0. The Bertz CT molecular complexity index is 1190. The number of aliphatic carboxylic acids is 1. The molecular formula is C28H26BrNO5. The topological polar surface area (TPSA) is 76.1 Å². The van der Waals surface area contributed by atoms with Gasteiger partial charge in [-0.25, -0.2) is 9.59 Å². The molecule has 1 aliphatic carbocycles. The minimum Gasteiger partial charge on any atom is -0.480 e. The van der Waals surface area contributed by atoms with Crippen LogP contribution >= 0.6 is 15.9 Å². The minimum absolute atomic E-state index is 0.0110. The molecule has 0 aromatic heterocycles. The van der Waals surface area contributed by atoms with Gasteiger partial charge in [-0.1, -0.05) is 76.6 Å². The molecule has 3 aromatic carbocycles. The van der Waals surface area contributed by atoms with Crippen molar-refractivity contribution in [3.8, 4) is 11.1 Å². The number of amides is 1. The Kier molecular flexibility index (Phi) is 6.62. The second-order valence-electron chi connectivity index (χ2n) is 8.97. The maximum absolute atomic E-state index is 13.0. The summed E-state index contributed by atoms with van der Waals surface area (Å²) in [5.74, 6) is -1.00. The molecule has 1 saturated heterocycles. The predicted octanol–water partition coefficient (Wildman–Crippen LogP) is 5.79. The monoisotopic (exact) mass is 535 g/mol. The van der Waals surface area contributed by atoms with E-state index in [9.17, 15) is 14.7 Å². The number of carbonyl (C=O) groups is 2. The quantitative estimate of drug-likeness (QED) is 0.432. The molecule has 2 aliphatic rings. The second kappa shape index (κ2) is 9.84. The van der Waals surface area contributed by atoms with E-state index >= 15 is 0 Å². The number of nitrogens with zero attached hydrogens (tertiary/aromatic N) is 1. The summed E-state index contributed by atoms with van der Waals surface area (Å²) < 4.78 is 12.7. The molecule has 0 unspecified atom stereocenters. The molecule has 7 heteroatoms. The lowest BCUT2D eigenvalue weighted by Crippen LogP contribution is -2.47. The molecule has 1 aliphatic heterocycles. The molecule has 1 fully saturated rings. The van der Waals surface area contributed by atoms with Crippen molar-refractivity contribution in [1.29, 1.82) is 0 Å². The Morgan fingerprint density at radius 3 is 2.06 bits per heavy atom. The zero-order chi connectivity index (χ0) is 24.4. The lowest BCUT2D eigenvalue weighted by molar-refractivity contribution is -0.154. The van der Waals surface area contributed by atoms with E-state index in [4.69, 9.17) is 9.47 Å². The summed E-state index contributed by atoms with van der Waals surface area (Å²) in [6.45, 7) is 0.733. The first-order valence-electron chi connectivity index (χ1n) is 11.7. The summed E-state index contributed by atoms with van der Waals surface area (Å²) in [6, 6.07) is 24.2. The number of halogens is 1. The summed E-state index contributed by atoms with van der Waals surface area (Å²) in [6.07, 6.45) is 0.632. The highest BCUT2D eigenvalue weighted by atomic mass is 79.9. The van der Waals surface area contributed by atoms with Gasteiger partial charge in [0, 0.05) is 23.5 Å². The van der Waals surface area contributed by atoms with E-state index in [1.165, 1.54) is 22.3 Å². The molecular weight excluding hydrogens is 510 g/mol. The molecule has 1 amide bonds. The van der Waals surface area contributed by atoms with Crippen molar-refractivity contribution in [1.82, 2.24) is 4.90 Å². The molecule has 5 rings (SSSR count). The van der Waals surface area contributed by atoms with Gasteiger partial charge in [-0.3, -0.25) is 0 Å². The van der Waals surface area contributed by atoms with Gasteiger partial charge in [-0.05, 0) is 52.8 Å². The van der Waals surface area contributed by atoms with Crippen LogP contribution in [0, 0.1) is 0 Å². The number of carboxylic acids is 1. The van der Waals surface area contributed by atoms with Crippen molar-refractivity contribution in [2.45, 2.75) is 24.4 Å². The molecule has 0 radical (unpaired) electrons. The largest absolute Gasteiger partial charge is 0.480 e. The van der Waals surface area contributed by atoms with Crippen molar-refractivity contribution < 1.29 is 24.2 Å². The molecule has 0 spiro atoms. The first-order chi connectivity index (χ1) is 17.0. The highest BCUT2D eigenvalue weighted by Gasteiger charge is 2.40. The summed E-state index contributed by atoms with van der Waals surface area (Å²) in [4.78, 5) is 25.9. The second-order valence-corrected chi connectivity index (χ2v) is 9.89. The van der Waals surface area contributed by atoms with Crippen LogP contribution in [0.15, 0.2) is 77.3 Å². The first-order valence-corrected chi connectivity index (χ1v) is 12.5. The lowest BCUT2D eigenvalue weighted by Gasteiger charge is -2.41. The normalized spacial score (nSPS) is 16.4. The van der Waals surface area contributed by atoms with Gasteiger partial charge in [0.2, 0.25) is 0 Å². The summed E-state index contributed by atoms with van der Waals surface area (Å²) in [7, 11) is 0. The van der Waals surface area contributed by atoms with E-state index in [0.29, 0.717) is 25.9 Å². The first kappa shape index (κ1) is 23.6. The number of hydrogen-bond acceptors (Lipinski definition) is 4. The van der Waals surface area contributed by atoms with E-state index < -0.39 is 11.6 Å². The molecule has 35 heavy (non-hydrogen) atoms. The number of carboxylic acid groups (broad SMARTS) is 1. The average Bonchev–Trinajstić information content (AvgIpc) is 3.20. The number of likely N-dealkylation sites (tertiary alicyclic amines) is 1. The molecule has 3 aromatic rings. The fraction of sp³-hybridized carbons (Fsp3) is 0.286. The van der Waals surface area contributed by atoms with Crippen LogP contribution in [-0.4, -0.2) is 48.4 Å². The van der Waals surface area contributed by atoms with E-state index in [1.54, 1.807) is 4.90 Å². The van der Waals surface area contributed by atoms with E-state index in [1.807, 2.05) is 48.5 Å². The minimum atomic E-state index is -1.01. The standard InChI is InChI=1S/C28H26BrNO5/c29-20-11-9-19(10-12-20)28(35-18-26(31)32)13-15-30(16-14-28)27(33)34-17-25-23-7-3-1-5-21(23)22-6-2-4-8-24(22)25/h1-12,25H,13-18H2,(H,31,32). The van der Waals surface area contributed by atoms with Gasteiger partial charge in [-0.15, -0.1) is 0 Å². The van der Waals surface area contributed by atoms with Gasteiger partial charge >= 0.3 is 12.1 Å². The van der Waals surface area contributed by atoms with Crippen LogP contribution in [0.1, 0.15) is 35.4 Å². The number of benzene rings is 3. The Hall–Kier alpha value is -3.16. The van der Waals surface area contributed by atoms with E-state index in [-0.39, 0.29) is 25.2 Å². The van der Waals surface area contributed by atoms with Gasteiger partial charge in [-0.2, -0.15) is 0 Å². The fourth-order valence-corrected chi connectivity index (χ4v) is 5.47. The van der Waals surface area contributed by atoms with Gasteiger partial charge in [0.1, 0.15) is 13.2 Å². The van der Waals surface area contributed by atoms with Crippen LogP contribution in [0.3, 0.4) is 0 Å². The molecule has 1 heterocycles. The van der Waals surface area contributed by atoms with Crippen molar-refractivity contribution in [2.24, 2.45) is 0 Å². The number of rotatable bonds is 6. The van der Waals surface area contributed by atoms with E-state index in [2.05, 4.69) is 40.2 Å². The highest BCUT2D eigenvalue weighted by molar-refractivity contribution is 9.10. The zero-order valence-corrected chi connectivity index (χ0v) is 20.7. The molecule has 1 N–H and O–H groups in total. The number of hydrogen-bond donors (Lipinski definition) is 1. The Morgan fingerprint density at radius 1 is 0.914 bits per heavy atom. The van der Waals surface area contributed by atoms with Crippen molar-refractivity contribution in [2.75, 3.05) is 26.3 Å². The Morgan fingerprint density at radius 2 is 1.49 bits per heavy atom. The number of fused-ring (bicyclic) bond motifs is 3. The smallest absolute Gasteiger partial charge is 0.409 e. The van der Waals surface area contributed by atoms with Crippen LogP contribution < -0.4 is 0 Å². The molecule has 0 saturated carbocycles. The fourth-order valence-electron chi connectivity index (χ4n) is 5.21. The Labute approximate surface area is 212 Å². The zero-order valence-electron chi connectivity index (χ0n) is 19.2. The Balaban J connectivity index is 1.26. The molecule has 180 valence electrons. The number of piperidine rings is 1. The van der Waals surface area contributed by atoms with Crippen molar-refractivity contribution in [3.63, 3.8) is 0 Å². The highest BCUT2D eigenvalue weighted by Crippen LogP contribution is 2.44. The van der Waals surface area contributed by atoms with Crippen LogP contribution in [0.4, 0.5) is 4.79 Å². The third-order valence-corrected chi connectivity index (χ3v) is 7.54. The van der Waals surface area contributed by atoms with Crippen LogP contribution in [0.2, 0.25) is 0 Å². The summed E-state index contributed by atoms with van der Waals surface area (Å²) in [5.41, 5.74) is 4.90. The van der Waals surface area contributed by atoms with Gasteiger partial charge in [0.05, 0.1) is 5.60 Å².